The molecule has 1 saturated heterocycles. The first kappa shape index (κ1) is 14.8. The molecular weight excluding hydrogens is 300 g/mol. The molecule has 1 aromatic carbocycles. The fraction of sp³-hybridized carbons (Fsp3) is 0.650. The molecule has 2 aliphatic heterocycles. The topological polar surface area (TPSA) is 41.6 Å². The van der Waals surface area contributed by atoms with Crippen molar-refractivity contribution in [2.24, 2.45) is 17.8 Å². The summed E-state index contributed by atoms with van der Waals surface area (Å²) >= 11 is 0. The molecule has 2 aliphatic carbocycles. The Kier molecular flexibility index (Phi) is 3.55. The molecule has 24 heavy (non-hydrogen) atoms. The van der Waals surface area contributed by atoms with Gasteiger partial charge in [0, 0.05) is 36.7 Å². The normalized spacial score (nSPS) is 32.4. The van der Waals surface area contributed by atoms with Crippen LogP contribution in [0.15, 0.2) is 24.3 Å². The number of rotatable bonds is 4. The Morgan fingerprint density at radius 1 is 1.21 bits per heavy atom. The molecule has 0 radical (unpaired) electrons. The molecular formula is C20H26N2O2. The molecule has 0 bridgehead atoms. The van der Waals surface area contributed by atoms with Crippen molar-refractivity contribution in [1.82, 2.24) is 10.2 Å². The lowest BCUT2D eigenvalue weighted by molar-refractivity contribution is -0.127. The summed E-state index contributed by atoms with van der Waals surface area (Å²) in [5.41, 5.74) is 1.29. The Labute approximate surface area is 143 Å². The van der Waals surface area contributed by atoms with Crippen LogP contribution in [0.3, 0.4) is 0 Å². The fourth-order valence-electron chi connectivity index (χ4n) is 4.63. The summed E-state index contributed by atoms with van der Waals surface area (Å²) in [6.07, 6.45) is 6.26. The number of nitrogens with zero attached hydrogens (tertiary/aromatic N) is 1. The highest BCUT2D eigenvalue weighted by Gasteiger charge is 2.50. The number of benzene rings is 1. The molecule has 1 aromatic rings. The van der Waals surface area contributed by atoms with Crippen LogP contribution in [0.2, 0.25) is 0 Å². The van der Waals surface area contributed by atoms with E-state index in [1.54, 1.807) is 0 Å². The summed E-state index contributed by atoms with van der Waals surface area (Å²) in [6, 6.07) is 9.18. The van der Waals surface area contributed by atoms with E-state index in [-0.39, 0.29) is 11.8 Å². The monoisotopic (exact) mass is 326 g/mol. The van der Waals surface area contributed by atoms with Crippen molar-refractivity contribution in [3.8, 4) is 5.75 Å². The minimum Gasteiger partial charge on any atom is -0.493 e. The zero-order valence-corrected chi connectivity index (χ0v) is 14.1. The van der Waals surface area contributed by atoms with Gasteiger partial charge in [0.2, 0.25) is 5.91 Å². The Hall–Kier alpha value is -1.55. The Bertz CT molecular complexity index is 638. The van der Waals surface area contributed by atoms with E-state index in [4.69, 9.17) is 4.74 Å². The van der Waals surface area contributed by atoms with Gasteiger partial charge < -0.3 is 10.1 Å². The standard InChI is InChI=1S/C20H26N2O2/c23-20(21-14-4-3-5-14)16-11-22(10-13-8-9-13)19-15-6-1-2-7-18(15)24-12-17(16)19/h1-2,6-7,13-14,16-17,19H,3-5,8-12H2,(H,21,23)/t16-,17+,19+/m1/s1. The van der Waals surface area contributed by atoms with E-state index in [2.05, 4.69) is 28.4 Å². The van der Waals surface area contributed by atoms with Crippen LogP contribution in [0, 0.1) is 17.8 Å². The first-order chi connectivity index (χ1) is 11.8. The second kappa shape index (κ2) is 5.76. The summed E-state index contributed by atoms with van der Waals surface area (Å²) in [4.78, 5) is 15.4. The number of fused-ring (bicyclic) bond motifs is 3. The molecule has 3 atom stereocenters. The number of nitrogens with one attached hydrogen (secondary N) is 1. The fourth-order valence-corrected chi connectivity index (χ4v) is 4.63. The quantitative estimate of drug-likeness (QED) is 0.925. The summed E-state index contributed by atoms with van der Waals surface area (Å²) < 4.78 is 6.03. The van der Waals surface area contributed by atoms with Crippen LogP contribution in [-0.2, 0) is 4.79 Å². The van der Waals surface area contributed by atoms with E-state index in [0.29, 0.717) is 24.6 Å². The predicted molar refractivity (Wildman–Crippen MR) is 91.7 cm³/mol. The van der Waals surface area contributed by atoms with E-state index in [9.17, 15) is 4.79 Å². The molecule has 2 heterocycles. The second-order valence-corrected chi connectivity index (χ2v) is 8.10. The molecule has 4 aliphatic rings. The van der Waals surface area contributed by atoms with Crippen LogP contribution < -0.4 is 10.1 Å². The van der Waals surface area contributed by atoms with Crippen molar-refractivity contribution in [3.63, 3.8) is 0 Å². The van der Waals surface area contributed by atoms with Gasteiger partial charge in [-0.25, -0.2) is 0 Å². The number of amides is 1. The van der Waals surface area contributed by atoms with E-state index < -0.39 is 0 Å². The van der Waals surface area contributed by atoms with Crippen molar-refractivity contribution in [3.05, 3.63) is 29.8 Å². The average molecular weight is 326 g/mol. The van der Waals surface area contributed by atoms with Crippen molar-refractivity contribution in [2.45, 2.75) is 44.2 Å². The maximum Gasteiger partial charge on any atom is 0.225 e. The van der Waals surface area contributed by atoms with Gasteiger partial charge in [0.1, 0.15) is 5.75 Å². The number of ether oxygens (including phenoxy) is 1. The molecule has 3 fully saturated rings. The maximum absolute atomic E-state index is 12.9. The van der Waals surface area contributed by atoms with Crippen molar-refractivity contribution >= 4 is 5.91 Å². The third-order valence-corrected chi connectivity index (χ3v) is 6.39. The molecule has 128 valence electrons. The SMILES string of the molecule is O=C(NC1CCC1)[C@@H]1CN(CC2CC2)[C@H]2c3ccccc3OC[C@@H]12. The van der Waals surface area contributed by atoms with Crippen molar-refractivity contribution < 1.29 is 9.53 Å². The van der Waals surface area contributed by atoms with Gasteiger partial charge >= 0.3 is 0 Å². The lowest BCUT2D eigenvalue weighted by Crippen LogP contribution is -2.45. The zero-order valence-electron chi connectivity index (χ0n) is 14.1. The summed E-state index contributed by atoms with van der Waals surface area (Å²) in [5.74, 6) is 2.48. The number of likely N-dealkylation sites (tertiary alicyclic amines) is 1. The molecule has 2 saturated carbocycles. The lowest BCUT2D eigenvalue weighted by atomic mass is 9.84. The van der Waals surface area contributed by atoms with Gasteiger partial charge in [-0.15, -0.1) is 0 Å². The zero-order chi connectivity index (χ0) is 16.1. The molecule has 4 nitrogen and oxygen atoms in total. The minimum absolute atomic E-state index is 0.0720. The van der Waals surface area contributed by atoms with Crippen LogP contribution >= 0.6 is 0 Å². The minimum atomic E-state index is 0.0720. The molecule has 4 heteroatoms. The molecule has 5 rings (SSSR count). The Balaban J connectivity index is 1.41. The van der Waals surface area contributed by atoms with Crippen LogP contribution in [0.4, 0.5) is 0 Å². The van der Waals surface area contributed by atoms with Gasteiger partial charge in [-0.2, -0.15) is 0 Å². The van der Waals surface area contributed by atoms with E-state index in [0.717, 1.165) is 37.6 Å². The Morgan fingerprint density at radius 3 is 2.79 bits per heavy atom. The second-order valence-electron chi connectivity index (χ2n) is 8.10. The predicted octanol–water partition coefficient (Wildman–Crippen LogP) is 2.75. The molecule has 0 unspecified atom stereocenters. The highest BCUT2D eigenvalue weighted by Crippen LogP contribution is 2.48. The number of hydrogen-bond acceptors (Lipinski definition) is 3. The van der Waals surface area contributed by atoms with Crippen LogP contribution in [-0.4, -0.2) is 36.5 Å². The number of carbonyl (C=O) groups excluding carboxylic acids is 1. The highest BCUT2D eigenvalue weighted by atomic mass is 16.5. The molecule has 1 amide bonds. The highest BCUT2D eigenvalue weighted by molar-refractivity contribution is 5.80. The number of carbonyl (C=O) groups is 1. The average Bonchev–Trinajstić information content (AvgIpc) is 3.30. The summed E-state index contributed by atoms with van der Waals surface area (Å²) in [6.45, 7) is 2.70. The summed E-state index contributed by atoms with van der Waals surface area (Å²) in [7, 11) is 0. The van der Waals surface area contributed by atoms with Gasteiger partial charge in [-0.3, -0.25) is 9.69 Å². The first-order valence-corrected chi connectivity index (χ1v) is 9.56. The first-order valence-electron chi connectivity index (χ1n) is 9.56. The molecule has 0 aromatic heterocycles. The van der Waals surface area contributed by atoms with Gasteiger partial charge in [-0.05, 0) is 44.1 Å². The van der Waals surface area contributed by atoms with Gasteiger partial charge in [0.15, 0.2) is 0 Å². The Morgan fingerprint density at radius 2 is 2.04 bits per heavy atom. The van der Waals surface area contributed by atoms with Gasteiger partial charge in [-0.1, -0.05) is 18.2 Å². The van der Waals surface area contributed by atoms with Crippen molar-refractivity contribution in [2.75, 3.05) is 19.7 Å². The number of hydrogen-bond donors (Lipinski definition) is 1. The largest absolute Gasteiger partial charge is 0.493 e. The molecule has 1 N–H and O–H groups in total. The third kappa shape index (κ3) is 2.52. The van der Waals surface area contributed by atoms with Crippen LogP contribution in [0.5, 0.6) is 5.75 Å². The van der Waals surface area contributed by atoms with E-state index in [1.165, 1.54) is 24.8 Å². The van der Waals surface area contributed by atoms with E-state index in [1.807, 2.05) is 6.07 Å². The van der Waals surface area contributed by atoms with E-state index >= 15 is 0 Å². The lowest BCUT2D eigenvalue weighted by Gasteiger charge is -2.35. The maximum atomic E-state index is 12.9. The van der Waals surface area contributed by atoms with Crippen LogP contribution in [0.25, 0.3) is 0 Å². The summed E-state index contributed by atoms with van der Waals surface area (Å²) in [5, 5.41) is 3.28. The molecule has 0 spiro atoms. The van der Waals surface area contributed by atoms with Crippen LogP contribution in [0.1, 0.15) is 43.7 Å². The van der Waals surface area contributed by atoms with Gasteiger partial charge in [0.25, 0.3) is 0 Å². The number of para-hydroxylation sites is 1. The van der Waals surface area contributed by atoms with Gasteiger partial charge in [0.05, 0.1) is 12.5 Å². The smallest absolute Gasteiger partial charge is 0.225 e. The van der Waals surface area contributed by atoms with Crippen molar-refractivity contribution in [1.29, 1.82) is 0 Å². The third-order valence-electron chi connectivity index (χ3n) is 6.39.